The van der Waals surface area contributed by atoms with Crippen molar-refractivity contribution >= 4 is 17.7 Å². The molecule has 4 heteroatoms. The van der Waals surface area contributed by atoms with Gasteiger partial charge in [0.2, 0.25) is 5.91 Å². The summed E-state index contributed by atoms with van der Waals surface area (Å²) in [6.07, 6.45) is 0.156. The van der Waals surface area contributed by atoms with Gasteiger partial charge in [-0.3, -0.25) is 4.79 Å². The molecular weight excluding hydrogens is 258 g/mol. The van der Waals surface area contributed by atoms with Gasteiger partial charge in [-0.15, -0.1) is 11.8 Å². The number of benzene rings is 1. The zero-order chi connectivity index (χ0) is 13.8. The van der Waals surface area contributed by atoms with Gasteiger partial charge in [0.1, 0.15) is 0 Å². The number of carbonyl (C=O) groups is 1. The van der Waals surface area contributed by atoms with E-state index in [0.29, 0.717) is 18.9 Å². The van der Waals surface area contributed by atoms with E-state index in [1.54, 1.807) is 11.8 Å². The molecule has 1 aliphatic heterocycles. The lowest BCUT2D eigenvalue weighted by Gasteiger charge is -2.31. The Kier molecular flexibility index (Phi) is 4.88. The number of aryl methyl sites for hydroxylation is 2. The molecule has 1 atom stereocenters. The average Bonchev–Trinajstić information content (AvgIpc) is 2.39. The summed E-state index contributed by atoms with van der Waals surface area (Å²) >= 11 is 1.63. The van der Waals surface area contributed by atoms with Crippen LogP contribution in [0, 0.1) is 13.8 Å². The van der Waals surface area contributed by atoms with Crippen LogP contribution in [0.3, 0.4) is 0 Å². The van der Waals surface area contributed by atoms with Crippen LogP contribution in [-0.2, 0) is 9.53 Å². The van der Waals surface area contributed by atoms with Gasteiger partial charge in [-0.05, 0) is 32.4 Å². The Balaban J connectivity index is 1.91. The summed E-state index contributed by atoms with van der Waals surface area (Å²) < 4.78 is 5.46. The highest BCUT2D eigenvalue weighted by Gasteiger charge is 2.21. The van der Waals surface area contributed by atoms with E-state index in [4.69, 9.17) is 4.74 Å². The van der Waals surface area contributed by atoms with Crippen LogP contribution in [0.25, 0.3) is 0 Å². The number of morpholine rings is 1. The number of ether oxygens (including phenoxy) is 1. The van der Waals surface area contributed by atoms with Crippen molar-refractivity contribution in [2.45, 2.75) is 31.8 Å². The lowest BCUT2D eigenvalue weighted by molar-refractivity contribution is -0.135. The summed E-state index contributed by atoms with van der Waals surface area (Å²) in [5, 5.41) is 0. The molecule has 1 heterocycles. The van der Waals surface area contributed by atoms with Crippen molar-refractivity contribution in [1.29, 1.82) is 0 Å². The van der Waals surface area contributed by atoms with Gasteiger partial charge in [0, 0.05) is 18.0 Å². The monoisotopic (exact) mass is 279 g/mol. The molecule has 1 aromatic rings. The van der Waals surface area contributed by atoms with Crippen LogP contribution in [0.4, 0.5) is 0 Å². The van der Waals surface area contributed by atoms with Gasteiger partial charge < -0.3 is 9.64 Å². The molecule has 104 valence electrons. The van der Waals surface area contributed by atoms with Gasteiger partial charge in [0.05, 0.1) is 18.5 Å². The summed E-state index contributed by atoms with van der Waals surface area (Å²) in [5.41, 5.74) is 2.47. The van der Waals surface area contributed by atoms with Crippen molar-refractivity contribution in [2.75, 3.05) is 25.4 Å². The largest absolute Gasteiger partial charge is 0.375 e. The van der Waals surface area contributed by atoms with E-state index in [1.165, 1.54) is 16.0 Å². The fourth-order valence-electron chi connectivity index (χ4n) is 2.14. The van der Waals surface area contributed by atoms with E-state index in [2.05, 4.69) is 32.0 Å². The fraction of sp³-hybridized carbons (Fsp3) is 0.533. The normalized spacial score (nSPS) is 19.5. The molecule has 0 aromatic heterocycles. The zero-order valence-corrected chi connectivity index (χ0v) is 12.6. The number of rotatable bonds is 3. The van der Waals surface area contributed by atoms with Crippen molar-refractivity contribution in [3.63, 3.8) is 0 Å². The molecule has 3 nitrogen and oxygen atoms in total. The van der Waals surface area contributed by atoms with Crippen LogP contribution in [0.15, 0.2) is 23.1 Å². The Morgan fingerprint density at radius 1 is 1.47 bits per heavy atom. The maximum Gasteiger partial charge on any atom is 0.233 e. The number of nitrogens with zero attached hydrogens (tertiary/aromatic N) is 1. The molecule has 2 rings (SSSR count). The van der Waals surface area contributed by atoms with Crippen LogP contribution >= 0.6 is 11.8 Å². The molecule has 1 aliphatic rings. The number of amides is 1. The molecule has 0 N–H and O–H groups in total. The van der Waals surface area contributed by atoms with Crippen LogP contribution in [0.2, 0.25) is 0 Å². The molecule has 0 spiro atoms. The Labute approximate surface area is 119 Å². The molecular formula is C15H21NO2S. The smallest absolute Gasteiger partial charge is 0.233 e. The van der Waals surface area contributed by atoms with Crippen molar-refractivity contribution in [3.8, 4) is 0 Å². The lowest BCUT2D eigenvalue weighted by atomic mass is 10.2. The molecule has 1 saturated heterocycles. The van der Waals surface area contributed by atoms with Gasteiger partial charge in [0.15, 0.2) is 0 Å². The number of hydrogen-bond acceptors (Lipinski definition) is 3. The molecule has 0 aliphatic carbocycles. The van der Waals surface area contributed by atoms with Crippen LogP contribution in [0.1, 0.15) is 18.1 Å². The molecule has 1 unspecified atom stereocenters. The summed E-state index contributed by atoms with van der Waals surface area (Å²) in [4.78, 5) is 15.3. The Morgan fingerprint density at radius 3 is 3.00 bits per heavy atom. The summed E-state index contributed by atoms with van der Waals surface area (Å²) in [5.74, 6) is 0.720. The first-order valence-electron chi connectivity index (χ1n) is 6.65. The molecule has 0 radical (unpaired) electrons. The molecule has 0 saturated carbocycles. The van der Waals surface area contributed by atoms with Crippen LogP contribution < -0.4 is 0 Å². The third kappa shape index (κ3) is 3.98. The standard InChI is InChI=1S/C15H21NO2S/c1-11-4-5-12(2)14(8-11)19-10-15(17)16-6-7-18-13(3)9-16/h4-5,8,13H,6-7,9-10H2,1-3H3. The highest BCUT2D eigenvalue weighted by atomic mass is 32.2. The maximum atomic E-state index is 12.2. The first-order chi connectivity index (χ1) is 9.06. The predicted molar refractivity (Wildman–Crippen MR) is 78.6 cm³/mol. The number of thioether (sulfide) groups is 1. The van der Waals surface area contributed by atoms with Gasteiger partial charge in [-0.2, -0.15) is 0 Å². The Morgan fingerprint density at radius 2 is 2.26 bits per heavy atom. The SMILES string of the molecule is Cc1ccc(C)c(SCC(=O)N2CCOC(C)C2)c1. The van der Waals surface area contributed by atoms with E-state index in [9.17, 15) is 4.79 Å². The summed E-state index contributed by atoms with van der Waals surface area (Å²) in [7, 11) is 0. The minimum absolute atomic E-state index is 0.156. The van der Waals surface area contributed by atoms with Crippen molar-refractivity contribution in [2.24, 2.45) is 0 Å². The fourth-order valence-corrected chi connectivity index (χ4v) is 3.17. The molecule has 0 bridgehead atoms. The highest BCUT2D eigenvalue weighted by molar-refractivity contribution is 8.00. The van der Waals surface area contributed by atoms with Crippen molar-refractivity contribution < 1.29 is 9.53 Å². The molecule has 1 aromatic carbocycles. The Bertz CT molecular complexity index is 461. The minimum atomic E-state index is 0.156. The molecule has 1 amide bonds. The molecule has 19 heavy (non-hydrogen) atoms. The van der Waals surface area contributed by atoms with Crippen LogP contribution in [-0.4, -0.2) is 42.4 Å². The number of carbonyl (C=O) groups excluding carboxylic acids is 1. The summed E-state index contributed by atoms with van der Waals surface area (Å²) in [6.45, 7) is 8.26. The van der Waals surface area contributed by atoms with E-state index in [-0.39, 0.29) is 12.0 Å². The third-order valence-electron chi connectivity index (χ3n) is 3.29. The lowest BCUT2D eigenvalue weighted by Crippen LogP contribution is -2.45. The minimum Gasteiger partial charge on any atom is -0.375 e. The van der Waals surface area contributed by atoms with Crippen molar-refractivity contribution in [3.05, 3.63) is 29.3 Å². The predicted octanol–water partition coefficient (Wildman–Crippen LogP) is 2.64. The van der Waals surface area contributed by atoms with Gasteiger partial charge in [-0.1, -0.05) is 17.7 Å². The van der Waals surface area contributed by atoms with E-state index >= 15 is 0 Å². The highest BCUT2D eigenvalue weighted by Crippen LogP contribution is 2.24. The Hall–Kier alpha value is -1.00. The second-order valence-corrected chi connectivity index (χ2v) is 6.10. The summed E-state index contributed by atoms with van der Waals surface area (Å²) in [6, 6.07) is 6.36. The van der Waals surface area contributed by atoms with Crippen LogP contribution in [0.5, 0.6) is 0 Å². The molecule has 1 fully saturated rings. The zero-order valence-electron chi connectivity index (χ0n) is 11.8. The maximum absolute atomic E-state index is 12.2. The number of hydrogen-bond donors (Lipinski definition) is 0. The first-order valence-corrected chi connectivity index (χ1v) is 7.64. The first kappa shape index (κ1) is 14.4. The second kappa shape index (κ2) is 6.44. The average molecular weight is 279 g/mol. The topological polar surface area (TPSA) is 29.5 Å². The van der Waals surface area contributed by atoms with Crippen molar-refractivity contribution in [1.82, 2.24) is 4.90 Å². The third-order valence-corrected chi connectivity index (χ3v) is 4.43. The van der Waals surface area contributed by atoms with Gasteiger partial charge >= 0.3 is 0 Å². The second-order valence-electron chi connectivity index (χ2n) is 5.08. The van der Waals surface area contributed by atoms with E-state index < -0.39 is 0 Å². The van der Waals surface area contributed by atoms with E-state index in [0.717, 1.165) is 6.54 Å². The van der Waals surface area contributed by atoms with Gasteiger partial charge in [0.25, 0.3) is 0 Å². The van der Waals surface area contributed by atoms with Gasteiger partial charge in [-0.25, -0.2) is 0 Å². The van der Waals surface area contributed by atoms with E-state index in [1.807, 2.05) is 11.8 Å². The quantitative estimate of drug-likeness (QED) is 0.797.